The van der Waals surface area contributed by atoms with Gasteiger partial charge in [-0.2, -0.15) is 5.10 Å². The van der Waals surface area contributed by atoms with Gasteiger partial charge in [-0.25, -0.2) is 4.79 Å². The first kappa shape index (κ1) is 16.7. The van der Waals surface area contributed by atoms with Crippen LogP contribution in [0.1, 0.15) is 24.0 Å². The zero-order chi connectivity index (χ0) is 17.9. The number of hydrogen-bond acceptors (Lipinski definition) is 5. The van der Waals surface area contributed by atoms with Crippen molar-refractivity contribution in [1.29, 1.82) is 0 Å². The summed E-state index contributed by atoms with van der Waals surface area (Å²) in [6.07, 6.45) is 0. The van der Waals surface area contributed by atoms with Crippen LogP contribution in [0, 0.1) is 0 Å². The Bertz CT molecular complexity index is 1030. The van der Waals surface area contributed by atoms with Gasteiger partial charge in [-0.05, 0) is 23.6 Å². The molecule has 1 atom stereocenters. The van der Waals surface area contributed by atoms with Gasteiger partial charge in [0.05, 0.1) is 16.7 Å². The second-order valence-electron chi connectivity index (χ2n) is 6.27. The minimum Gasteiger partial charge on any atom is -0.363 e. The topological polar surface area (TPSA) is 85.4 Å². The van der Waals surface area contributed by atoms with E-state index in [0.717, 1.165) is 39.8 Å². The summed E-state index contributed by atoms with van der Waals surface area (Å²) >= 11 is 1.64. The smallest absolute Gasteiger partial charge is 0.323 e. The summed E-state index contributed by atoms with van der Waals surface area (Å²) in [5.74, 6) is 1.14. The summed E-state index contributed by atoms with van der Waals surface area (Å²) in [5.41, 5.74) is 4.56. The summed E-state index contributed by atoms with van der Waals surface area (Å²) in [6, 6.07) is 16.2. The van der Waals surface area contributed by atoms with E-state index < -0.39 is 0 Å². The lowest BCUT2D eigenvalue weighted by Crippen LogP contribution is -2.27. The van der Waals surface area contributed by atoms with E-state index in [-0.39, 0.29) is 5.69 Å². The molecule has 0 saturated carbocycles. The van der Waals surface area contributed by atoms with Crippen LogP contribution in [0.2, 0.25) is 0 Å². The molecule has 0 spiro atoms. The molecule has 0 amide bonds. The summed E-state index contributed by atoms with van der Waals surface area (Å²) in [6.45, 7) is 3.01. The lowest BCUT2D eigenvalue weighted by atomic mass is 10.0. The van der Waals surface area contributed by atoms with E-state index in [1.54, 1.807) is 11.8 Å². The minimum absolute atomic E-state index is 0.200. The van der Waals surface area contributed by atoms with Crippen LogP contribution in [0.25, 0.3) is 11.0 Å². The van der Waals surface area contributed by atoms with Crippen molar-refractivity contribution in [2.24, 2.45) is 10.2 Å². The van der Waals surface area contributed by atoms with E-state index in [4.69, 9.17) is 0 Å². The van der Waals surface area contributed by atoms with Crippen molar-refractivity contribution in [3.63, 3.8) is 0 Å². The number of nitrogens with one attached hydrogen (secondary N) is 3. The Kier molecular flexibility index (Phi) is 4.62. The van der Waals surface area contributed by atoms with Gasteiger partial charge >= 0.3 is 5.69 Å². The molecule has 0 radical (unpaired) electrons. The largest absolute Gasteiger partial charge is 0.363 e. The number of nitrogens with zero attached hydrogens (tertiary/aromatic N) is 2. The number of aromatic amines is 2. The molecule has 2 heterocycles. The molecule has 3 N–H and O–H groups in total. The molecule has 6 nitrogen and oxygen atoms in total. The number of amidine groups is 1. The third kappa shape index (κ3) is 3.57. The quantitative estimate of drug-likeness (QED) is 0.664. The summed E-state index contributed by atoms with van der Waals surface area (Å²) in [5, 5.41) is 12.9. The monoisotopic (exact) mass is 365 g/mol. The second-order valence-corrected chi connectivity index (χ2v) is 7.24. The van der Waals surface area contributed by atoms with Gasteiger partial charge in [0.1, 0.15) is 0 Å². The van der Waals surface area contributed by atoms with Gasteiger partial charge in [0.2, 0.25) is 0 Å². The van der Waals surface area contributed by atoms with Crippen LogP contribution < -0.4 is 11.0 Å². The van der Waals surface area contributed by atoms with Crippen molar-refractivity contribution < 1.29 is 0 Å². The predicted molar refractivity (Wildman–Crippen MR) is 108 cm³/mol. The fourth-order valence-corrected chi connectivity index (χ4v) is 3.66. The molecule has 4 rings (SSSR count). The Hall–Kier alpha value is -2.80. The van der Waals surface area contributed by atoms with Crippen molar-refractivity contribution >= 4 is 33.7 Å². The van der Waals surface area contributed by atoms with Crippen LogP contribution in [-0.4, -0.2) is 33.1 Å². The van der Waals surface area contributed by atoms with E-state index in [1.807, 2.05) is 24.3 Å². The van der Waals surface area contributed by atoms with Crippen molar-refractivity contribution in [3.8, 4) is 0 Å². The molecule has 7 heteroatoms. The second kappa shape index (κ2) is 7.21. The maximum atomic E-state index is 11.4. The number of benzene rings is 2. The number of imidazole rings is 1. The third-order valence-corrected chi connectivity index (χ3v) is 5.30. The van der Waals surface area contributed by atoms with Crippen LogP contribution in [0.5, 0.6) is 0 Å². The molecule has 132 valence electrons. The molecule has 0 fully saturated rings. The number of thioether (sulfide) groups is 1. The zero-order valence-electron chi connectivity index (χ0n) is 14.3. The molecule has 26 heavy (non-hydrogen) atoms. The average molecular weight is 365 g/mol. The minimum atomic E-state index is -0.200. The van der Waals surface area contributed by atoms with Gasteiger partial charge in [0, 0.05) is 17.9 Å². The molecule has 2 aromatic carbocycles. The van der Waals surface area contributed by atoms with Gasteiger partial charge in [0.25, 0.3) is 0 Å². The molecule has 3 aromatic rings. The first-order valence-corrected chi connectivity index (χ1v) is 9.46. The summed E-state index contributed by atoms with van der Waals surface area (Å²) < 4.78 is 0. The maximum Gasteiger partial charge on any atom is 0.323 e. The normalized spacial score (nSPS) is 15.4. The number of aromatic nitrogens is 2. The van der Waals surface area contributed by atoms with Crippen LogP contribution in [0.3, 0.4) is 0 Å². The van der Waals surface area contributed by atoms with E-state index in [9.17, 15) is 4.79 Å². The summed E-state index contributed by atoms with van der Waals surface area (Å²) in [4.78, 5) is 16.9. The van der Waals surface area contributed by atoms with E-state index in [1.165, 1.54) is 5.56 Å². The molecule has 0 saturated heterocycles. The molecule has 1 aliphatic rings. The Morgan fingerprint density at radius 1 is 1.12 bits per heavy atom. The molecular weight excluding hydrogens is 346 g/mol. The average Bonchev–Trinajstić information content (AvgIpc) is 3.06. The fourth-order valence-electron chi connectivity index (χ4n) is 2.88. The standard InChI is InChI=1S/C19H19N5OS/c1-12(13-5-3-2-4-6-13)10-20-19-24-23-17(11-26-19)14-7-8-15-16(9-14)22-18(25)21-15/h2-9,12H,10-11H2,1H3,(H,20,24)(H2,21,22,25). The molecule has 1 aliphatic heterocycles. The molecular formula is C19H19N5OS. The highest BCUT2D eigenvalue weighted by Crippen LogP contribution is 2.19. The van der Waals surface area contributed by atoms with Gasteiger partial charge in [-0.1, -0.05) is 55.1 Å². The Labute approximate surface area is 154 Å². The van der Waals surface area contributed by atoms with Crippen LogP contribution in [0.15, 0.2) is 63.5 Å². The Morgan fingerprint density at radius 2 is 1.92 bits per heavy atom. The van der Waals surface area contributed by atoms with Crippen LogP contribution in [-0.2, 0) is 0 Å². The maximum absolute atomic E-state index is 11.4. The zero-order valence-corrected chi connectivity index (χ0v) is 15.1. The highest BCUT2D eigenvalue weighted by atomic mass is 32.2. The van der Waals surface area contributed by atoms with Crippen molar-refractivity contribution in [2.75, 3.05) is 12.3 Å². The van der Waals surface area contributed by atoms with E-state index in [2.05, 4.69) is 56.7 Å². The van der Waals surface area contributed by atoms with Crippen molar-refractivity contribution in [3.05, 3.63) is 70.1 Å². The molecule has 1 aromatic heterocycles. The Balaban J connectivity index is 1.44. The van der Waals surface area contributed by atoms with E-state index >= 15 is 0 Å². The van der Waals surface area contributed by atoms with Gasteiger partial charge in [0.15, 0.2) is 5.17 Å². The highest BCUT2D eigenvalue weighted by molar-refractivity contribution is 8.14. The number of hydrogen-bond donors (Lipinski definition) is 3. The molecule has 0 bridgehead atoms. The first-order valence-electron chi connectivity index (χ1n) is 8.47. The lowest BCUT2D eigenvalue weighted by molar-refractivity contribution is 0.723. The fraction of sp³-hybridized carbons (Fsp3) is 0.211. The SMILES string of the molecule is CC(CNC1=NN=C(c2ccc3[nH]c(=O)[nH]c3c2)CS1)c1ccccc1. The number of fused-ring (bicyclic) bond motifs is 1. The molecule has 1 unspecified atom stereocenters. The van der Waals surface area contributed by atoms with Gasteiger partial charge < -0.3 is 15.3 Å². The Morgan fingerprint density at radius 3 is 2.69 bits per heavy atom. The van der Waals surface area contributed by atoms with Crippen molar-refractivity contribution in [2.45, 2.75) is 12.8 Å². The van der Waals surface area contributed by atoms with Crippen LogP contribution >= 0.6 is 11.8 Å². The van der Waals surface area contributed by atoms with Gasteiger partial charge in [-0.15, -0.1) is 5.10 Å². The number of rotatable bonds is 4. The molecule has 0 aliphatic carbocycles. The first-order chi connectivity index (χ1) is 12.7. The highest BCUT2D eigenvalue weighted by Gasteiger charge is 2.14. The van der Waals surface area contributed by atoms with Crippen molar-refractivity contribution in [1.82, 2.24) is 15.3 Å². The van der Waals surface area contributed by atoms with Gasteiger partial charge in [-0.3, -0.25) is 0 Å². The predicted octanol–water partition coefficient (Wildman–Crippen LogP) is 3.06. The summed E-state index contributed by atoms with van der Waals surface area (Å²) in [7, 11) is 0. The lowest BCUT2D eigenvalue weighted by Gasteiger charge is -2.17. The van der Waals surface area contributed by atoms with Crippen LogP contribution in [0.4, 0.5) is 0 Å². The van der Waals surface area contributed by atoms with E-state index in [0.29, 0.717) is 5.92 Å². The number of H-pyrrole nitrogens is 2. The third-order valence-electron chi connectivity index (χ3n) is 4.38.